The molecule has 1 saturated heterocycles. The molecular formula is C15H20N2O3. The van der Waals surface area contributed by atoms with Gasteiger partial charge in [0.1, 0.15) is 13.2 Å². The number of ether oxygens (including phenoxy) is 2. The van der Waals surface area contributed by atoms with Crippen LogP contribution in [0.2, 0.25) is 0 Å². The highest BCUT2D eigenvalue weighted by atomic mass is 16.6. The molecule has 0 aliphatic carbocycles. The Kier molecular flexibility index (Phi) is 3.78. The maximum absolute atomic E-state index is 12.4. The molecular weight excluding hydrogens is 256 g/mol. The van der Waals surface area contributed by atoms with Crippen LogP contribution in [0.3, 0.4) is 0 Å². The predicted molar refractivity (Wildman–Crippen MR) is 75.2 cm³/mol. The van der Waals surface area contributed by atoms with E-state index in [-0.39, 0.29) is 11.9 Å². The third-order valence-electron chi connectivity index (χ3n) is 3.78. The van der Waals surface area contributed by atoms with Crippen molar-refractivity contribution in [3.63, 3.8) is 0 Å². The molecule has 2 aliphatic heterocycles. The van der Waals surface area contributed by atoms with Crippen molar-refractivity contribution in [1.29, 1.82) is 0 Å². The van der Waals surface area contributed by atoms with E-state index in [1.165, 1.54) is 0 Å². The van der Waals surface area contributed by atoms with E-state index in [1.807, 2.05) is 23.1 Å². The minimum Gasteiger partial charge on any atom is -0.486 e. The SMILES string of the molecule is CC1CNCCN1C(=O)Cc1ccc2c(c1)OCCO2. The summed E-state index contributed by atoms with van der Waals surface area (Å²) in [5.74, 6) is 1.69. The number of carbonyl (C=O) groups is 1. The van der Waals surface area contributed by atoms with Crippen LogP contribution in [0.5, 0.6) is 11.5 Å². The second kappa shape index (κ2) is 5.71. The lowest BCUT2D eigenvalue weighted by Crippen LogP contribution is -2.52. The van der Waals surface area contributed by atoms with Crippen LogP contribution in [0.4, 0.5) is 0 Å². The van der Waals surface area contributed by atoms with Crippen LogP contribution >= 0.6 is 0 Å². The summed E-state index contributed by atoms with van der Waals surface area (Å²) in [6.07, 6.45) is 0.418. The van der Waals surface area contributed by atoms with Crippen molar-refractivity contribution in [2.24, 2.45) is 0 Å². The van der Waals surface area contributed by atoms with Crippen molar-refractivity contribution in [1.82, 2.24) is 10.2 Å². The maximum atomic E-state index is 12.4. The van der Waals surface area contributed by atoms with Crippen LogP contribution in [0, 0.1) is 0 Å². The predicted octanol–water partition coefficient (Wildman–Crippen LogP) is 0.821. The zero-order chi connectivity index (χ0) is 13.9. The molecule has 0 radical (unpaired) electrons. The fraction of sp³-hybridized carbons (Fsp3) is 0.533. The number of carbonyl (C=O) groups excluding carboxylic acids is 1. The minimum atomic E-state index is 0.177. The molecule has 0 bridgehead atoms. The van der Waals surface area contributed by atoms with Crippen LogP contribution in [0.1, 0.15) is 12.5 Å². The van der Waals surface area contributed by atoms with Gasteiger partial charge in [-0.1, -0.05) is 6.07 Å². The van der Waals surface area contributed by atoms with Crippen LogP contribution in [0.25, 0.3) is 0 Å². The standard InChI is InChI=1S/C15H20N2O3/c1-11-10-16-4-5-17(11)15(18)9-12-2-3-13-14(8-12)20-7-6-19-13/h2-3,8,11,16H,4-7,9-10H2,1H3. The molecule has 1 N–H and O–H groups in total. The molecule has 1 atom stereocenters. The monoisotopic (exact) mass is 276 g/mol. The van der Waals surface area contributed by atoms with Crippen LogP contribution in [-0.4, -0.2) is 49.7 Å². The summed E-state index contributed by atoms with van der Waals surface area (Å²) in [5, 5.41) is 3.29. The van der Waals surface area contributed by atoms with Crippen molar-refractivity contribution in [3.8, 4) is 11.5 Å². The molecule has 1 unspecified atom stereocenters. The maximum Gasteiger partial charge on any atom is 0.227 e. The van der Waals surface area contributed by atoms with E-state index in [1.54, 1.807) is 0 Å². The smallest absolute Gasteiger partial charge is 0.227 e. The van der Waals surface area contributed by atoms with Gasteiger partial charge in [0.05, 0.1) is 6.42 Å². The molecule has 3 rings (SSSR count). The van der Waals surface area contributed by atoms with E-state index in [0.29, 0.717) is 19.6 Å². The molecule has 1 aromatic rings. The number of hydrogen-bond acceptors (Lipinski definition) is 4. The van der Waals surface area contributed by atoms with Gasteiger partial charge in [-0.2, -0.15) is 0 Å². The Labute approximate surface area is 118 Å². The van der Waals surface area contributed by atoms with E-state index < -0.39 is 0 Å². The van der Waals surface area contributed by atoms with Gasteiger partial charge in [0, 0.05) is 25.7 Å². The average molecular weight is 276 g/mol. The number of nitrogens with zero attached hydrogens (tertiary/aromatic N) is 1. The Morgan fingerprint density at radius 3 is 2.95 bits per heavy atom. The Balaban J connectivity index is 1.69. The largest absolute Gasteiger partial charge is 0.486 e. The molecule has 1 fully saturated rings. The highest BCUT2D eigenvalue weighted by Crippen LogP contribution is 2.31. The molecule has 108 valence electrons. The lowest BCUT2D eigenvalue weighted by atomic mass is 10.1. The molecule has 1 amide bonds. The molecule has 2 heterocycles. The Morgan fingerprint density at radius 1 is 1.35 bits per heavy atom. The number of piperazine rings is 1. The topological polar surface area (TPSA) is 50.8 Å². The highest BCUT2D eigenvalue weighted by Gasteiger charge is 2.23. The fourth-order valence-electron chi connectivity index (χ4n) is 2.69. The molecule has 0 aromatic heterocycles. The highest BCUT2D eigenvalue weighted by molar-refractivity contribution is 5.79. The van der Waals surface area contributed by atoms with Gasteiger partial charge in [-0.3, -0.25) is 4.79 Å². The zero-order valence-electron chi connectivity index (χ0n) is 11.7. The van der Waals surface area contributed by atoms with E-state index in [4.69, 9.17) is 9.47 Å². The number of amides is 1. The Hall–Kier alpha value is -1.75. The third kappa shape index (κ3) is 2.72. The summed E-state index contributed by atoms with van der Waals surface area (Å²) >= 11 is 0. The Bertz CT molecular complexity index is 504. The lowest BCUT2D eigenvalue weighted by Gasteiger charge is -2.34. The number of rotatable bonds is 2. The summed E-state index contributed by atoms with van der Waals surface area (Å²) in [5.41, 5.74) is 0.977. The van der Waals surface area contributed by atoms with Gasteiger partial charge < -0.3 is 19.7 Å². The van der Waals surface area contributed by atoms with Gasteiger partial charge in [-0.15, -0.1) is 0 Å². The van der Waals surface area contributed by atoms with Crippen molar-refractivity contribution >= 4 is 5.91 Å². The van der Waals surface area contributed by atoms with Gasteiger partial charge in [-0.25, -0.2) is 0 Å². The first-order chi connectivity index (χ1) is 9.74. The first-order valence-corrected chi connectivity index (χ1v) is 7.13. The van der Waals surface area contributed by atoms with Gasteiger partial charge in [0.25, 0.3) is 0 Å². The average Bonchev–Trinajstić information content (AvgIpc) is 2.47. The summed E-state index contributed by atoms with van der Waals surface area (Å²) in [7, 11) is 0. The second-order valence-electron chi connectivity index (χ2n) is 5.30. The zero-order valence-corrected chi connectivity index (χ0v) is 11.7. The number of hydrogen-bond donors (Lipinski definition) is 1. The number of fused-ring (bicyclic) bond motifs is 1. The summed E-state index contributed by atoms with van der Waals surface area (Å²) in [6, 6.07) is 6.00. The second-order valence-corrected chi connectivity index (χ2v) is 5.30. The summed E-state index contributed by atoms with van der Waals surface area (Å²) in [4.78, 5) is 14.3. The van der Waals surface area contributed by atoms with Crippen molar-refractivity contribution < 1.29 is 14.3 Å². The van der Waals surface area contributed by atoms with Gasteiger partial charge in [-0.05, 0) is 24.6 Å². The molecule has 5 heteroatoms. The fourth-order valence-corrected chi connectivity index (χ4v) is 2.69. The summed E-state index contributed by atoms with van der Waals surface area (Å²) < 4.78 is 11.0. The summed E-state index contributed by atoms with van der Waals surface area (Å²) in [6.45, 7) is 5.76. The van der Waals surface area contributed by atoms with Gasteiger partial charge in [0.2, 0.25) is 5.91 Å². The van der Waals surface area contributed by atoms with Gasteiger partial charge in [0.15, 0.2) is 11.5 Å². The van der Waals surface area contributed by atoms with E-state index in [9.17, 15) is 4.79 Å². The lowest BCUT2D eigenvalue weighted by molar-refractivity contribution is -0.133. The molecule has 1 aromatic carbocycles. The first kappa shape index (κ1) is 13.2. The van der Waals surface area contributed by atoms with Crippen LogP contribution in [-0.2, 0) is 11.2 Å². The first-order valence-electron chi connectivity index (χ1n) is 7.13. The van der Waals surface area contributed by atoms with E-state index in [0.717, 1.165) is 36.7 Å². The van der Waals surface area contributed by atoms with Crippen molar-refractivity contribution in [2.75, 3.05) is 32.8 Å². The minimum absolute atomic E-state index is 0.177. The van der Waals surface area contributed by atoms with Crippen LogP contribution in [0.15, 0.2) is 18.2 Å². The molecule has 2 aliphatic rings. The third-order valence-corrected chi connectivity index (χ3v) is 3.78. The molecule has 0 spiro atoms. The van der Waals surface area contributed by atoms with Crippen LogP contribution < -0.4 is 14.8 Å². The number of nitrogens with one attached hydrogen (secondary N) is 1. The quantitative estimate of drug-likeness (QED) is 0.869. The molecule has 0 saturated carbocycles. The van der Waals surface area contributed by atoms with Gasteiger partial charge >= 0.3 is 0 Å². The van der Waals surface area contributed by atoms with E-state index >= 15 is 0 Å². The number of benzene rings is 1. The van der Waals surface area contributed by atoms with Crippen molar-refractivity contribution in [2.45, 2.75) is 19.4 Å². The normalized spacial score (nSPS) is 21.6. The molecule has 5 nitrogen and oxygen atoms in total. The Morgan fingerprint density at radius 2 is 2.15 bits per heavy atom. The molecule has 20 heavy (non-hydrogen) atoms. The van der Waals surface area contributed by atoms with E-state index in [2.05, 4.69) is 12.2 Å². The van der Waals surface area contributed by atoms with Crippen molar-refractivity contribution in [3.05, 3.63) is 23.8 Å².